The number of phenols is 1. The topological polar surface area (TPSA) is 78.8 Å². The standard InChI is InChI=1S/C16H15Br2NO4/c1-19-14(16(21)22)8-9-6-12(17)15(13(18)7-9)23-11-4-2-10(20)3-5-11/h2-7,14,19-20H,8H2,1H3,(H,21,22). The predicted octanol–water partition coefficient (Wildman–Crippen LogP) is 3.92. The first-order valence-corrected chi connectivity index (χ1v) is 8.34. The van der Waals surface area contributed by atoms with E-state index in [-0.39, 0.29) is 5.75 Å². The lowest BCUT2D eigenvalue weighted by molar-refractivity contribution is -0.139. The number of aliphatic carboxylic acids is 1. The van der Waals surface area contributed by atoms with Gasteiger partial charge in [-0.1, -0.05) is 0 Å². The monoisotopic (exact) mass is 443 g/mol. The first-order chi connectivity index (χ1) is 10.9. The van der Waals surface area contributed by atoms with E-state index in [0.29, 0.717) is 26.9 Å². The number of halogens is 2. The molecule has 0 radical (unpaired) electrons. The van der Waals surface area contributed by atoms with Crippen molar-refractivity contribution in [3.05, 3.63) is 50.9 Å². The van der Waals surface area contributed by atoms with E-state index >= 15 is 0 Å². The fourth-order valence-electron chi connectivity index (χ4n) is 2.01. The molecule has 2 aromatic rings. The summed E-state index contributed by atoms with van der Waals surface area (Å²) in [5.41, 5.74) is 0.851. The van der Waals surface area contributed by atoms with Crippen LogP contribution in [0.2, 0.25) is 0 Å². The van der Waals surface area contributed by atoms with E-state index in [2.05, 4.69) is 37.2 Å². The van der Waals surface area contributed by atoms with Gasteiger partial charge in [-0.25, -0.2) is 0 Å². The molecule has 2 rings (SSSR count). The van der Waals surface area contributed by atoms with Gasteiger partial charge in [-0.15, -0.1) is 0 Å². The Morgan fingerprint density at radius 1 is 1.22 bits per heavy atom. The number of carbonyl (C=O) groups is 1. The number of hydrogen-bond acceptors (Lipinski definition) is 4. The van der Waals surface area contributed by atoms with E-state index in [1.807, 2.05) is 12.1 Å². The molecule has 0 bridgehead atoms. The van der Waals surface area contributed by atoms with Crippen LogP contribution in [0.5, 0.6) is 17.2 Å². The zero-order chi connectivity index (χ0) is 17.0. The number of ether oxygens (including phenoxy) is 1. The molecule has 0 aliphatic rings. The van der Waals surface area contributed by atoms with Crippen molar-refractivity contribution in [3.63, 3.8) is 0 Å². The third kappa shape index (κ3) is 4.70. The van der Waals surface area contributed by atoms with Crippen molar-refractivity contribution >= 4 is 37.8 Å². The Morgan fingerprint density at radius 3 is 2.26 bits per heavy atom. The smallest absolute Gasteiger partial charge is 0.321 e. The summed E-state index contributed by atoms with van der Waals surface area (Å²) < 4.78 is 7.20. The number of phenolic OH excluding ortho intramolecular Hbond substituents is 1. The molecule has 0 aromatic heterocycles. The highest BCUT2D eigenvalue weighted by atomic mass is 79.9. The molecule has 0 fully saturated rings. The molecule has 3 N–H and O–H groups in total. The Morgan fingerprint density at radius 2 is 1.78 bits per heavy atom. The first kappa shape index (κ1) is 17.8. The number of nitrogens with one attached hydrogen (secondary N) is 1. The summed E-state index contributed by atoms with van der Waals surface area (Å²) in [4.78, 5) is 11.1. The highest BCUT2D eigenvalue weighted by Crippen LogP contribution is 2.38. The molecule has 0 heterocycles. The minimum Gasteiger partial charge on any atom is -0.508 e. The minimum atomic E-state index is -0.899. The molecule has 7 heteroatoms. The Hall–Kier alpha value is -1.57. The highest BCUT2D eigenvalue weighted by molar-refractivity contribution is 9.11. The van der Waals surface area contributed by atoms with Crippen LogP contribution in [-0.4, -0.2) is 29.3 Å². The van der Waals surface area contributed by atoms with Gasteiger partial charge in [0.05, 0.1) is 8.95 Å². The van der Waals surface area contributed by atoms with Crippen molar-refractivity contribution in [1.29, 1.82) is 0 Å². The molecular formula is C16H15Br2NO4. The van der Waals surface area contributed by atoms with Crippen LogP contribution in [0.1, 0.15) is 5.56 Å². The summed E-state index contributed by atoms with van der Waals surface area (Å²) in [6.07, 6.45) is 0.350. The Bertz CT molecular complexity index is 681. The van der Waals surface area contributed by atoms with Crippen molar-refractivity contribution in [3.8, 4) is 17.2 Å². The van der Waals surface area contributed by atoms with Gasteiger partial charge in [-0.2, -0.15) is 0 Å². The highest BCUT2D eigenvalue weighted by Gasteiger charge is 2.17. The minimum absolute atomic E-state index is 0.164. The molecule has 0 spiro atoms. The van der Waals surface area contributed by atoms with E-state index in [4.69, 9.17) is 9.84 Å². The second-order valence-corrected chi connectivity index (χ2v) is 6.58. The molecule has 122 valence electrons. The van der Waals surface area contributed by atoms with E-state index in [1.165, 1.54) is 12.1 Å². The number of likely N-dealkylation sites (N-methyl/N-ethyl adjacent to an activating group) is 1. The molecule has 1 atom stereocenters. The summed E-state index contributed by atoms with van der Waals surface area (Å²) in [5, 5.41) is 21.2. The van der Waals surface area contributed by atoms with Crippen LogP contribution < -0.4 is 10.1 Å². The van der Waals surface area contributed by atoms with E-state index in [0.717, 1.165) is 5.56 Å². The molecule has 5 nitrogen and oxygen atoms in total. The van der Waals surface area contributed by atoms with Gasteiger partial charge in [0, 0.05) is 0 Å². The van der Waals surface area contributed by atoms with Gasteiger partial charge in [0.1, 0.15) is 17.5 Å². The van der Waals surface area contributed by atoms with Crippen molar-refractivity contribution in [2.45, 2.75) is 12.5 Å². The normalized spacial score (nSPS) is 12.0. The molecule has 0 amide bonds. The van der Waals surface area contributed by atoms with Crippen LogP contribution in [-0.2, 0) is 11.2 Å². The Kier molecular flexibility index (Phi) is 6.04. The van der Waals surface area contributed by atoms with Crippen LogP contribution in [0.3, 0.4) is 0 Å². The Labute approximate surface area is 150 Å². The van der Waals surface area contributed by atoms with E-state index in [9.17, 15) is 9.90 Å². The molecular weight excluding hydrogens is 430 g/mol. The zero-order valence-corrected chi connectivity index (χ0v) is 15.4. The summed E-state index contributed by atoms with van der Waals surface area (Å²) in [6, 6.07) is 9.39. The fourth-order valence-corrected chi connectivity index (χ4v) is 3.45. The average Bonchev–Trinajstić information content (AvgIpc) is 2.50. The number of carboxylic acid groups (broad SMARTS) is 1. The molecule has 0 saturated carbocycles. The van der Waals surface area contributed by atoms with Crippen LogP contribution in [0.4, 0.5) is 0 Å². The van der Waals surface area contributed by atoms with Crippen molar-refractivity contribution in [2.75, 3.05) is 7.05 Å². The number of hydrogen-bond donors (Lipinski definition) is 3. The number of carboxylic acids is 1. The predicted molar refractivity (Wildman–Crippen MR) is 94.2 cm³/mol. The van der Waals surface area contributed by atoms with Crippen LogP contribution >= 0.6 is 31.9 Å². The second-order valence-electron chi connectivity index (χ2n) is 4.87. The maximum atomic E-state index is 11.1. The quantitative estimate of drug-likeness (QED) is 0.629. The van der Waals surface area contributed by atoms with Crippen molar-refractivity contribution in [2.24, 2.45) is 0 Å². The summed E-state index contributed by atoms with van der Waals surface area (Å²) in [6.45, 7) is 0. The largest absolute Gasteiger partial charge is 0.508 e. The molecule has 1 unspecified atom stereocenters. The summed E-state index contributed by atoms with van der Waals surface area (Å²) >= 11 is 6.89. The lowest BCUT2D eigenvalue weighted by Crippen LogP contribution is -2.35. The van der Waals surface area contributed by atoms with Gasteiger partial charge in [-0.3, -0.25) is 4.79 Å². The fraction of sp³-hybridized carbons (Fsp3) is 0.188. The van der Waals surface area contributed by atoms with Gasteiger partial charge < -0.3 is 20.3 Å². The molecule has 0 saturated heterocycles. The molecule has 0 aliphatic carbocycles. The van der Waals surface area contributed by atoms with Gasteiger partial charge in [0.25, 0.3) is 0 Å². The third-order valence-electron chi connectivity index (χ3n) is 3.20. The molecule has 2 aromatic carbocycles. The van der Waals surface area contributed by atoms with Gasteiger partial charge in [0.15, 0.2) is 5.75 Å². The van der Waals surface area contributed by atoms with E-state index < -0.39 is 12.0 Å². The SMILES string of the molecule is CNC(Cc1cc(Br)c(Oc2ccc(O)cc2)c(Br)c1)C(=O)O. The molecule has 0 aliphatic heterocycles. The van der Waals surface area contributed by atoms with Crippen molar-refractivity contribution < 1.29 is 19.7 Å². The maximum absolute atomic E-state index is 11.1. The van der Waals surface area contributed by atoms with Gasteiger partial charge in [0.2, 0.25) is 0 Å². The second kappa shape index (κ2) is 7.81. The first-order valence-electron chi connectivity index (χ1n) is 6.75. The number of aromatic hydroxyl groups is 1. The summed E-state index contributed by atoms with van der Waals surface area (Å²) in [7, 11) is 1.62. The lowest BCUT2D eigenvalue weighted by Gasteiger charge is -2.15. The van der Waals surface area contributed by atoms with E-state index in [1.54, 1.807) is 19.2 Å². The van der Waals surface area contributed by atoms with Crippen LogP contribution in [0.25, 0.3) is 0 Å². The van der Waals surface area contributed by atoms with Crippen LogP contribution in [0, 0.1) is 0 Å². The van der Waals surface area contributed by atoms with Gasteiger partial charge in [-0.05, 0) is 87.3 Å². The maximum Gasteiger partial charge on any atom is 0.321 e. The average molecular weight is 445 g/mol. The van der Waals surface area contributed by atoms with Crippen LogP contribution in [0.15, 0.2) is 45.3 Å². The Balaban J connectivity index is 2.23. The van der Waals surface area contributed by atoms with Crippen molar-refractivity contribution in [1.82, 2.24) is 5.32 Å². The number of rotatable bonds is 6. The van der Waals surface area contributed by atoms with Gasteiger partial charge >= 0.3 is 5.97 Å². The molecule has 23 heavy (non-hydrogen) atoms. The lowest BCUT2D eigenvalue weighted by atomic mass is 10.1. The zero-order valence-electron chi connectivity index (χ0n) is 12.2. The summed E-state index contributed by atoms with van der Waals surface area (Å²) in [5.74, 6) is 0.424. The number of benzene rings is 2. The third-order valence-corrected chi connectivity index (χ3v) is 4.38.